The number of benzene rings is 2. The van der Waals surface area contributed by atoms with Crippen molar-refractivity contribution in [3.8, 4) is 11.1 Å². The highest BCUT2D eigenvalue weighted by molar-refractivity contribution is 5.96. The second kappa shape index (κ2) is 10.6. The molecule has 0 radical (unpaired) electrons. The van der Waals surface area contributed by atoms with Gasteiger partial charge in [-0.25, -0.2) is 0 Å². The number of anilines is 1. The summed E-state index contributed by atoms with van der Waals surface area (Å²) >= 11 is 0. The van der Waals surface area contributed by atoms with Gasteiger partial charge in [0.25, 0.3) is 0 Å². The van der Waals surface area contributed by atoms with Crippen LogP contribution < -0.4 is 4.90 Å². The first-order chi connectivity index (χ1) is 14.9. The van der Waals surface area contributed by atoms with Crippen molar-refractivity contribution >= 4 is 17.4 Å². The number of Topliss-reactive ketones (excluding diaryl/α,β-unsaturated/α-hetero) is 1. The lowest BCUT2D eigenvalue weighted by Gasteiger charge is -2.19. The van der Waals surface area contributed by atoms with Gasteiger partial charge in [-0.3, -0.25) is 14.6 Å². The zero-order chi connectivity index (χ0) is 22.2. The predicted molar refractivity (Wildman–Crippen MR) is 125 cm³/mol. The fourth-order valence-corrected chi connectivity index (χ4v) is 3.31. The number of carbonyl (C=O) groups excluding carboxylic acids is 2. The summed E-state index contributed by atoms with van der Waals surface area (Å²) in [4.78, 5) is 32.6. The van der Waals surface area contributed by atoms with Gasteiger partial charge >= 0.3 is 0 Å². The van der Waals surface area contributed by atoms with E-state index >= 15 is 0 Å². The molecule has 0 saturated carbocycles. The highest BCUT2D eigenvalue weighted by Crippen LogP contribution is 2.24. The van der Waals surface area contributed by atoms with Gasteiger partial charge in [-0.2, -0.15) is 0 Å². The number of aryl methyl sites for hydroxylation is 1. The Labute approximate surface area is 184 Å². The van der Waals surface area contributed by atoms with E-state index in [2.05, 4.69) is 4.98 Å². The van der Waals surface area contributed by atoms with Gasteiger partial charge < -0.3 is 9.80 Å². The van der Waals surface area contributed by atoms with Crippen molar-refractivity contribution in [2.24, 2.45) is 0 Å². The van der Waals surface area contributed by atoms with Crippen LogP contribution in [0, 0.1) is 0 Å². The van der Waals surface area contributed by atoms with E-state index in [1.54, 1.807) is 24.3 Å². The van der Waals surface area contributed by atoms with Crippen LogP contribution in [0.5, 0.6) is 0 Å². The minimum atomic E-state index is 0.0931. The number of amides is 1. The zero-order valence-corrected chi connectivity index (χ0v) is 18.4. The lowest BCUT2D eigenvalue weighted by Crippen LogP contribution is -2.29. The largest absolute Gasteiger partial charge is 0.315 e. The van der Waals surface area contributed by atoms with E-state index in [1.807, 2.05) is 79.7 Å². The molecule has 3 aromatic rings. The van der Waals surface area contributed by atoms with Crippen molar-refractivity contribution in [3.05, 3.63) is 84.2 Å². The summed E-state index contributed by atoms with van der Waals surface area (Å²) in [5, 5.41) is 0. The monoisotopic (exact) mass is 415 g/mol. The Balaban J connectivity index is 1.60. The van der Waals surface area contributed by atoms with Crippen LogP contribution in [0.2, 0.25) is 0 Å². The molecule has 1 aromatic heterocycles. The molecule has 5 nitrogen and oxygen atoms in total. The standard InChI is InChI=1S/C26H29N3O2/c1-28(2)18-16-26(31)29(3)24-13-11-22(12-14-24)21-7-9-23(10-8-21)25(30)15-6-20-5-4-17-27-19-20/h4-5,7-14,17,19H,6,15-16,18H2,1-3H3. The smallest absolute Gasteiger partial charge is 0.228 e. The highest BCUT2D eigenvalue weighted by atomic mass is 16.2. The number of pyridine rings is 1. The molecular weight excluding hydrogens is 386 g/mol. The minimum Gasteiger partial charge on any atom is -0.315 e. The highest BCUT2D eigenvalue weighted by Gasteiger charge is 2.12. The second-order valence-corrected chi connectivity index (χ2v) is 7.91. The Morgan fingerprint density at radius 3 is 2.06 bits per heavy atom. The number of ketones is 1. The first-order valence-electron chi connectivity index (χ1n) is 10.5. The molecule has 0 aliphatic heterocycles. The third-order valence-corrected chi connectivity index (χ3v) is 5.31. The molecule has 0 atom stereocenters. The number of hydrogen-bond donors (Lipinski definition) is 0. The topological polar surface area (TPSA) is 53.5 Å². The van der Waals surface area contributed by atoms with E-state index in [1.165, 1.54) is 0 Å². The minimum absolute atomic E-state index is 0.0931. The van der Waals surface area contributed by atoms with E-state index in [0.717, 1.165) is 34.5 Å². The molecule has 1 heterocycles. The summed E-state index contributed by atoms with van der Waals surface area (Å²) in [6, 6.07) is 19.5. The Hall–Kier alpha value is -3.31. The summed E-state index contributed by atoms with van der Waals surface area (Å²) in [5.41, 5.74) is 4.74. The summed E-state index contributed by atoms with van der Waals surface area (Å²) in [6.45, 7) is 0.731. The average molecular weight is 416 g/mol. The van der Waals surface area contributed by atoms with Crippen molar-refractivity contribution in [2.75, 3.05) is 32.6 Å². The number of carbonyl (C=O) groups is 2. The van der Waals surface area contributed by atoms with E-state index in [-0.39, 0.29) is 11.7 Å². The molecule has 0 fully saturated rings. The SMILES string of the molecule is CN(C)CCC(=O)N(C)c1ccc(-c2ccc(C(=O)CCc3cccnc3)cc2)cc1. The van der Waals surface area contributed by atoms with Crippen LogP contribution in [0.25, 0.3) is 11.1 Å². The maximum absolute atomic E-state index is 12.5. The Bertz CT molecular complexity index is 997. The molecule has 5 heteroatoms. The lowest BCUT2D eigenvalue weighted by atomic mass is 9.99. The molecule has 0 aliphatic carbocycles. The van der Waals surface area contributed by atoms with Gasteiger partial charge in [-0.05, 0) is 55.4 Å². The third kappa shape index (κ3) is 6.33. The normalized spacial score (nSPS) is 10.8. The summed E-state index contributed by atoms with van der Waals surface area (Å²) in [6.07, 6.45) is 5.18. The Morgan fingerprint density at radius 2 is 1.48 bits per heavy atom. The van der Waals surface area contributed by atoms with Gasteiger partial charge in [0.15, 0.2) is 5.78 Å². The molecule has 0 unspecified atom stereocenters. The van der Waals surface area contributed by atoms with Gasteiger partial charge in [0.2, 0.25) is 5.91 Å². The zero-order valence-electron chi connectivity index (χ0n) is 18.4. The first kappa shape index (κ1) is 22.4. The van der Waals surface area contributed by atoms with E-state index in [4.69, 9.17) is 0 Å². The van der Waals surface area contributed by atoms with Gasteiger partial charge in [0, 0.05) is 50.1 Å². The van der Waals surface area contributed by atoms with Gasteiger partial charge in [0.1, 0.15) is 0 Å². The molecule has 1 amide bonds. The number of rotatable bonds is 9. The maximum Gasteiger partial charge on any atom is 0.228 e. The molecule has 160 valence electrons. The Morgan fingerprint density at radius 1 is 0.839 bits per heavy atom. The predicted octanol–water partition coefficient (Wildman–Crippen LogP) is 4.48. The lowest BCUT2D eigenvalue weighted by molar-refractivity contribution is -0.118. The number of aromatic nitrogens is 1. The van der Waals surface area contributed by atoms with Crippen LogP contribution in [-0.4, -0.2) is 49.3 Å². The number of hydrogen-bond acceptors (Lipinski definition) is 4. The number of nitrogens with zero attached hydrogens (tertiary/aromatic N) is 3. The molecule has 2 aromatic carbocycles. The second-order valence-electron chi connectivity index (χ2n) is 7.91. The van der Waals surface area contributed by atoms with Crippen LogP contribution in [0.3, 0.4) is 0 Å². The maximum atomic E-state index is 12.5. The molecule has 0 saturated heterocycles. The van der Waals surface area contributed by atoms with Crippen LogP contribution in [0.4, 0.5) is 5.69 Å². The van der Waals surface area contributed by atoms with Crippen LogP contribution in [0.1, 0.15) is 28.8 Å². The van der Waals surface area contributed by atoms with Crippen molar-refractivity contribution < 1.29 is 9.59 Å². The molecule has 0 aliphatic rings. The Kier molecular flexibility index (Phi) is 7.68. The molecule has 0 spiro atoms. The van der Waals surface area contributed by atoms with Gasteiger partial charge in [0.05, 0.1) is 0 Å². The first-order valence-corrected chi connectivity index (χ1v) is 10.5. The van der Waals surface area contributed by atoms with Gasteiger partial charge in [-0.15, -0.1) is 0 Å². The molecule has 0 N–H and O–H groups in total. The molecule has 0 bridgehead atoms. The van der Waals surface area contributed by atoms with Gasteiger partial charge in [-0.1, -0.05) is 42.5 Å². The van der Waals surface area contributed by atoms with Crippen molar-refractivity contribution in [1.82, 2.24) is 9.88 Å². The summed E-state index contributed by atoms with van der Waals surface area (Å²) in [7, 11) is 5.72. The van der Waals surface area contributed by atoms with Crippen molar-refractivity contribution in [1.29, 1.82) is 0 Å². The summed E-state index contributed by atoms with van der Waals surface area (Å²) < 4.78 is 0. The van der Waals surface area contributed by atoms with Crippen LogP contribution >= 0.6 is 0 Å². The summed E-state index contributed by atoms with van der Waals surface area (Å²) in [5.74, 6) is 0.221. The van der Waals surface area contributed by atoms with Crippen LogP contribution in [-0.2, 0) is 11.2 Å². The molecular formula is C26H29N3O2. The van der Waals surface area contributed by atoms with Crippen LogP contribution in [0.15, 0.2) is 73.1 Å². The van der Waals surface area contributed by atoms with Crippen molar-refractivity contribution in [3.63, 3.8) is 0 Å². The van der Waals surface area contributed by atoms with E-state index in [9.17, 15) is 9.59 Å². The van der Waals surface area contributed by atoms with Crippen molar-refractivity contribution in [2.45, 2.75) is 19.3 Å². The molecule has 3 rings (SSSR count). The van der Waals surface area contributed by atoms with E-state index in [0.29, 0.717) is 19.3 Å². The quantitative estimate of drug-likeness (QED) is 0.484. The van der Waals surface area contributed by atoms with E-state index < -0.39 is 0 Å². The fourth-order valence-electron chi connectivity index (χ4n) is 3.31. The third-order valence-electron chi connectivity index (χ3n) is 5.31. The fraction of sp³-hybridized carbons (Fsp3) is 0.269. The average Bonchev–Trinajstić information content (AvgIpc) is 2.81. The molecule has 31 heavy (non-hydrogen) atoms.